The van der Waals surface area contributed by atoms with Crippen LogP contribution in [0.2, 0.25) is 0 Å². The predicted octanol–water partition coefficient (Wildman–Crippen LogP) is 6.77. The minimum atomic E-state index is -0.976. The molecule has 9 nitrogen and oxygen atoms in total. The van der Waals surface area contributed by atoms with E-state index in [0.717, 1.165) is 36.3 Å². The van der Waals surface area contributed by atoms with E-state index >= 15 is 0 Å². The molecule has 0 saturated carbocycles. The Morgan fingerprint density at radius 2 is 1.82 bits per heavy atom. The molecule has 0 bridgehead atoms. The highest BCUT2D eigenvalue weighted by molar-refractivity contribution is 5.80. The first kappa shape index (κ1) is 34.3. The molecule has 3 aromatic rings. The molecule has 0 N–H and O–H groups in total. The van der Waals surface area contributed by atoms with Gasteiger partial charge in [0.1, 0.15) is 5.82 Å². The molecule has 3 heterocycles. The number of esters is 1. The van der Waals surface area contributed by atoms with Gasteiger partial charge in [-0.25, -0.2) is 9.78 Å². The van der Waals surface area contributed by atoms with Gasteiger partial charge in [0.15, 0.2) is 11.8 Å². The Hall–Kier alpha value is -3.53. The first-order chi connectivity index (χ1) is 21.4. The van der Waals surface area contributed by atoms with Crippen LogP contribution in [0, 0.1) is 13.8 Å². The molecule has 4 rings (SSSR count). The fourth-order valence-electron chi connectivity index (χ4n) is 5.74. The number of allylic oxidation sites excluding steroid dienone is 1. The lowest BCUT2D eigenvalue weighted by molar-refractivity contribution is -0.166. The van der Waals surface area contributed by atoms with Crippen molar-refractivity contribution in [3.05, 3.63) is 83.2 Å². The molecule has 0 radical (unpaired) electrons. The van der Waals surface area contributed by atoms with Crippen molar-refractivity contribution >= 4 is 17.4 Å². The second-order valence-corrected chi connectivity index (χ2v) is 13.0. The van der Waals surface area contributed by atoms with Crippen molar-refractivity contribution in [3.8, 4) is 0 Å². The molecular weight excluding hydrogens is 568 g/mol. The average Bonchev–Trinajstić information content (AvgIpc) is 3.38. The van der Waals surface area contributed by atoms with Crippen molar-refractivity contribution in [2.75, 3.05) is 31.2 Å². The SMILES string of the molecule is C=CCOC1(C)CCN(c2c(C(OC(C)(C)C)C(=O)OCC)c(C)nc3cc(COCc4ccc(C)cc4CC=C)nn23)CC1. The van der Waals surface area contributed by atoms with Crippen molar-refractivity contribution in [2.45, 2.75) is 98.2 Å². The smallest absolute Gasteiger partial charge is 0.340 e. The number of benzene rings is 1. The molecule has 0 aliphatic carbocycles. The van der Waals surface area contributed by atoms with Gasteiger partial charge in [0, 0.05) is 24.8 Å². The van der Waals surface area contributed by atoms with Gasteiger partial charge in [-0.15, -0.1) is 13.2 Å². The highest BCUT2D eigenvalue weighted by atomic mass is 16.6. The van der Waals surface area contributed by atoms with E-state index in [1.54, 1.807) is 13.0 Å². The van der Waals surface area contributed by atoms with Crippen LogP contribution >= 0.6 is 0 Å². The standard InChI is InChI=1S/C36H50N4O5/c1-10-13-27-21-25(4)14-15-28(27)23-42-24-29-22-30-37-26(5)31(32(34(41)43-12-3)45-35(6,7)8)33(40(30)38-29)39-18-16-36(9,17-19-39)44-20-11-2/h10-11,14-15,21-22,32H,1-2,12-13,16-20,23-24H2,3-9H3. The highest BCUT2D eigenvalue weighted by Gasteiger charge is 2.38. The number of carbonyl (C=O) groups is 1. The number of hydrogen-bond donors (Lipinski definition) is 0. The fraction of sp³-hybridized carbons (Fsp3) is 0.528. The van der Waals surface area contributed by atoms with E-state index < -0.39 is 17.7 Å². The van der Waals surface area contributed by atoms with Crippen molar-refractivity contribution in [3.63, 3.8) is 0 Å². The quantitative estimate of drug-likeness (QED) is 0.145. The Balaban J connectivity index is 1.73. The van der Waals surface area contributed by atoms with E-state index in [-0.39, 0.29) is 12.2 Å². The van der Waals surface area contributed by atoms with Crippen molar-refractivity contribution in [2.24, 2.45) is 0 Å². The summed E-state index contributed by atoms with van der Waals surface area (Å²) in [7, 11) is 0. The number of rotatable bonds is 14. The number of piperidine rings is 1. The molecule has 9 heteroatoms. The summed E-state index contributed by atoms with van der Waals surface area (Å²) in [5, 5.41) is 4.98. The molecule has 45 heavy (non-hydrogen) atoms. The van der Waals surface area contributed by atoms with Gasteiger partial charge in [0.2, 0.25) is 0 Å². The van der Waals surface area contributed by atoms with Crippen molar-refractivity contribution in [1.82, 2.24) is 14.6 Å². The number of anilines is 1. The van der Waals surface area contributed by atoms with Crippen LogP contribution in [0.5, 0.6) is 0 Å². The third-order valence-corrected chi connectivity index (χ3v) is 7.99. The van der Waals surface area contributed by atoms with Gasteiger partial charge in [-0.05, 0) is 78.9 Å². The molecule has 1 aliphatic heterocycles. The maximum atomic E-state index is 13.5. The molecular formula is C36H50N4O5. The van der Waals surface area contributed by atoms with Crippen LogP contribution in [0.1, 0.15) is 87.2 Å². The molecule has 1 atom stereocenters. The van der Waals surface area contributed by atoms with E-state index in [1.165, 1.54) is 11.1 Å². The summed E-state index contributed by atoms with van der Waals surface area (Å²) in [4.78, 5) is 20.6. The van der Waals surface area contributed by atoms with Gasteiger partial charge >= 0.3 is 5.97 Å². The Morgan fingerprint density at radius 3 is 2.47 bits per heavy atom. The lowest BCUT2D eigenvalue weighted by Crippen LogP contribution is -2.45. The molecule has 2 aromatic heterocycles. The predicted molar refractivity (Wildman–Crippen MR) is 178 cm³/mol. The second kappa shape index (κ2) is 14.7. The van der Waals surface area contributed by atoms with E-state index in [1.807, 2.05) is 44.4 Å². The lowest BCUT2D eigenvalue weighted by atomic mass is 9.92. The number of fused-ring (bicyclic) bond motifs is 1. The molecule has 1 aliphatic rings. The molecule has 0 spiro atoms. The summed E-state index contributed by atoms with van der Waals surface area (Å²) in [5.41, 5.74) is 5.46. The fourth-order valence-corrected chi connectivity index (χ4v) is 5.74. The Kier molecular flexibility index (Phi) is 11.2. The van der Waals surface area contributed by atoms with Crippen LogP contribution < -0.4 is 4.90 Å². The Bertz CT molecular complexity index is 1500. The van der Waals surface area contributed by atoms with Crippen molar-refractivity contribution in [1.29, 1.82) is 0 Å². The number of carbonyl (C=O) groups excluding carboxylic acids is 1. The van der Waals surface area contributed by atoms with Crippen LogP contribution in [0.3, 0.4) is 0 Å². The average molecular weight is 619 g/mol. The number of aryl methyl sites for hydroxylation is 2. The summed E-state index contributed by atoms with van der Waals surface area (Å²) in [6.07, 6.45) is 5.11. The molecule has 1 unspecified atom stereocenters. The maximum Gasteiger partial charge on any atom is 0.340 e. The monoisotopic (exact) mass is 618 g/mol. The van der Waals surface area contributed by atoms with Crippen LogP contribution in [0.15, 0.2) is 49.6 Å². The van der Waals surface area contributed by atoms with Gasteiger partial charge in [0.25, 0.3) is 0 Å². The van der Waals surface area contributed by atoms with Gasteiger partial charge in [-0.3, -0.25) is 0 Å². The zero-order valence-corrected chi connectivity index (χ0v) is 28.1. The molecule has 0 amide bonds. The third kappa shape index (κ3) is 8.60. The molecule has 244 valence electrons. The van der Waals surface area contributed by atoms with Crippen LogP contribution in [0.4, 0.5) is 5.82 Å². The van der Waals surface area contributed by atoms with Gasteiger partial charge in [-0.1, -0.05) is 35.9 Å². The number of nitrogens with zero attached hydrogens (tertiary/aromatic N) is 4. The van der Waals surface area contributed by atoms with E-state index in [0.29, 0.717) is 49.8 Å². The van der Waals surface area contributed by atoms with E-state index in [2.05, 4.69) is 50.1 Å². The largest absolute Gasteiger partial charge is 0.464 e. The Labute approximate surface area is 268 Å². The number of ether oxygens (including phenoxy) is 4. The number of aromatic nitrogens is 3. The lowest BCUT2D eigenvalue weighted by Gasteiger charge is -2.41. The zero-order chi connectivity index (χ0) is 32.8. The summed E-state index contributed by atoms with van der Waals surface area (Å²) >= 11 is 0. The zero-order valence-electron chi connectivity index (χ0n) is 28.1. The van der Waals surface area contributed by atoms with Crippen LogP contribution in [-0.2, 0) is 43.4 Å². The van der Waals surface area contributed by atoms with Crippen molar-refractivity contribution < 1.29 is 23.7 Å². The minimum absolute atomic E-state index is 0.244. The van der Waals surface area contributed by atoms with Crippen LogP contribution in [-0.4, -0.2) is 58.1 Å². The summed E-state index contributed by atoms with van der Waals surface area (Å²) in [6.45, 7) is 24.4. The van der Waals surface area contributed by atoms with Gasteiger partial charge in [-0.2, -0.15) is 9.61 Å². The first-order valence-electron chi connectivity index (χ1n) is 15.9. The van der Waals surface area contributed by atoms with Gasteiger partial charge in [0.05, 0.1) is 48.9 Å². The van der Waals surface area contributed by atoms with E-state index in [4.69, 9.17) is 29.0 Å². The van der Waals surface area contributed by atoms with E-state index in [9.17, 15) is 4.79 Å². The third-order valence-electron chi connectivity index (χ3n) is 7.99. The molecule has 1 fully saturated rings. The summed E-state index contributed by atoms with van der Waals surface area (Å²) < 4.78 is 26.1. The highest BCUT2D eigenvalue weighted by Crippen LogP contribution is 2.38. The van der Waals surface area contributed by atoms with Gasteiger partial charge < -0.3 is 23.8 Å². The molecule has 1 saturated heterocycles. The second-order valence-electron chi connectivity index (χ2n) is 13.0. The minimum Gasteiger partial charge on any atom is -0.464 e. The topological polar surface area (TPSA) is 87.4 Å². The maximum absolute atomic E-state index is 13.5. The first-order valence-corrected chi connectivity index (χ1v) is 15.9. The summed E-state index contributed by atoms with van der Waals surface area (Å²) in [6, 6.07) is 8.34. The summed E-state index contributed by atoms with van der Waals surface area (Å²) in [5.74, 6) is 0.335. The molecule has 1 aromatic carbocycles. The van der Waals surface area contributed by atoms with Crippen LogP contribution in [0.25, 0.3) is 5.65 Å². The Morgan fingerprint density at radius 1 is 1.09 bits per heavy atom. The normalized spacial score (nSPS) is 15.7. The number of hydrogen-bond acceptors (Lipinski definition) is 8.